The molecule has 0 fully saturated rings. The van der Waals surface area contributed by atoms with E-state index in [1.54, 1.807) is 36.4 Å². The number of rotatable bonds is 4. The number of amides is 1. The van der Waals surface area contributed by atoms with Crippen LogP contribution in [0.4, 0.5) is 17.2 Å². The first kappa shape index (κ1) is 16.1. The van der Waals surface area contributed by atoms with Gasteiger partial charge in [-0.3, -0.25) is 4.79 Å². The molecule has 0 aliphatic heterocycles. The maximum absolute atomic E-state index is 12.2. The number of benzene rings is 2. The number of carbonyl (C=O) groups is 1. The Balaban J connectivity index is 1.70. The second kappa shape index (κ2) is 7.23. The quantitative estimate of drug-likeness (QED) is 0.762. The molecule has 0 atom stereocenters. The summed E-state index contributed by atoms with van der Waals surface area (Å²) in [6.45, 7) is 2.02. The first-order valence-electron chi connectivity index (χ1n) is 7.63. The van der Waals surface area contributed by atoms with Gasteiger partial charge in [-0.1, -0.05) is 29.8 Å². The van der Waals surface area contributed by atoms with Crippen LogP contribution in [-0.2, 0) is 0 Å². The van der Waals surface area contributed by atoms with Crippen LogP contribution in [0.5, 0.6) is 0 Å². The summed E-state index contributed by atoms with van der Waals surface area (Å²) >= 11 is 0. The van der Waals surface area contributed by atoms with E-state index in [-0.39, 0.29) is 5.69 Å². The van der Waals surface area contributed by atoms with E-state index >= 15 is 0 Å². The fourth-order valence-corrected chi connectivity index (χ4v) is 2.18. The number of nitrogens with zero attached hydrogens (tertiary/aromatic N) is 3. The standard InChI is InChI=1S/C19H15N5O/c1-13-6-8-15(9-7-13)21-18-11-10-17(23-24-18)19(25)22-16-5-3-2-4-14(16)12-20/h2-11H,1H3,(H,21,24)(H,22,25). The molecule has 0 bridgehead atoms. The first-order chi connectivity index (χ1) is 12.2. The number of anilines is 3. The molecule has 2 aromatic carbocycles. The van der Waals surface area contributed by atoms with Crippen molar-refractivity contribution in [1.29, 1.82) is 5.26 Å². The first-order valence-corrected chi connectivity index (χ1v) is 7.63. The van der Waals surface area contributed by atoms with Gasteiger partial charge in [0, 0.05) is 5.69 Å². The zero-order valence-electron chi connectivity index (χ0n) is 13.5. The maximum atomic E-state index is 12.2. The molecule has 0 saturated carbocycles. The van der Waals surface area contributed by atoms with Crippen LogP contribution in [0.2, 0.25) is 0 Å². The molecule has 3 aromatic rings. The molecule has 0 saturated heterocycles. The number of nitriles is 1. The molecule has 0 unspecified atom stereocenters. The van der Waals surface area contributed by atoms with E-state index in [1.165, 1.54) is 5.56 Å². The molecular formula is C19H15N5O. The Hall–Kier alpha value is -3.72. The molecule has 1 heterocycles. The molecule has 6 nitrogen and oxygen atoms in total. The van der Waals surface area contributed by atoms with Gasteiger partial charge in [0.25, 0.3) is 5.91 Å². The Kier molecular flexibility index (Phi) is 4.67. The second-order valence-corrected chi connectivity index (χ2v) is 5.41. The fourth-order valence-electron chi connectivity index (χ4n) is 2.18. The van der Waals surface area contributed by atoms with Crippen LogP contribution in [0.3, 0.4) is 0 Å². The Morgan fingerprint density at radius 3 is 2.44 bits per heavy atom. The van der Waals surface area contributed by atoms with Gasteiger partial charge in [-0.15, -0.1) is 10.2 Å². The lowest BCUT2D eigenvalue weighted by Crippen LogP contribution is -2.15. The van der Waals surface area contributed by atoms with Crippen LogP contribution in [0, 0.1) is 18.3 Å². The summed E-state index contributed by atoms with van der Waals surface area (Å²) in [5.74, 6) is 0.120. The van der Waals surface area contributed by atoms with Crippen LogP contribution in [0.1, 0.15) is 21.6 Å². The zero-order chi connectivity index (χ0) is 17.6. The van der Waals surface area contributed by atoms with Gasteiger partial charge in [0.1, 0.15) is 6.07 Å². The van der Waals surface area contributed by atoms with Crippen molar-refractivity contribution in [1.82, 2.24) is 10.2 Å². The third-order valence-corrected chi connectivity index (χ3v) is 3.52. The predicted octanol–water partition coefficient (Wildman–Crippen LogP) is 3.65. The lowest BCUT2D eigenvalue weighted by Gasteiger charge is -2.07. The highest BCUT2D eigenvalue weighted by molar-refractivity contribution is 6.03. The molecule has 1 aromatic heterocycles. The molecule has 0 spiro atoms. The normalized spacial score (nSPS) is 9.92. The molecule has 0 aliphatic rings. The second-order valence-electron chi connectivity index (χ2n) is 5.41. The molecule has 0 radical (unpaired) electrons. The maximum Gasteiger partial charge on any atom is 0.276 e. The number of hydrogen-bond donors (Lipinski definition) is 2. The van der Waals surface area contributed by atoms with Crippen molar-refractivity contribution in [2.24, 2.45) is 0 Å². The smallest absolute Gasteiger partial charge is 0.276 e. The van der Waals surface area contributed by atoms with Crippen LogP contribution in [-0.4, -0.2) is 16.1 Å². The molecule has 2 N–H and O–H groups in total. The van der Waals surface area contributed by atoms with Crippen molar-refractivity contribution in [2.75, 3.05) is 10.6 Å². The highest BCUT2D eigenvalue weighted by Gasteiger charge is 2.11. The Morgan fingerprint density at radius 1 is 1.00 bits per heavy atom. The van der Waals surface area contributed by atoms with Crippen molar-refractivity contribution in [2.45, 2.75) is 6.92 Å². The average Bonchev–Trinajstić information content (AvgIpc) is 2.64. The lowest BCUT2D eigenvalue weighted by atomic mass is 10.2. The molecular weight excluding hydrogens is 314 g/mol. The minimum atomic E-state index is -0.419. The van der Waals surface area contributed by atoms with E-state index < -0.39 is 5.91 Å². The zero-order valence-corrected chi connectivity index (χ0v) is 13.5. The predicted molar refractivity (Wildman–Crippen MR) is 95.6 cm³/mol. The molecule has 122 valence electrons. The molecule has 3 rings (SSSR count). The minimum absolute atomic E-state index is 0.169. The third-order valence-electron chi connectivity index (χ3n) is 3.52. The highest BCUT2D eigenvalue weighted by atomic mass is 16.1. The average molecular weight is 329 g/mol. The summed E-state index contributed by atoms with van der Waals surface area (Å²) in [5, 5.41) is 22.8. The summed E-state index contributed by atoms with van der Waals surface area (Å²) in [5.41, 5.74) is 3.06. The third kappa shape index (κ3) is 3.98. The summed E-state index contributed by atoms with van der Waals surface area (Å²) in [7, 11) is 0. The van der Waals surface area contributed by atoms with Crippen LogP contribution in [0.15, 0.2) is 60.7 Å². The minimum Gasteiger partial charge on any atom is -0.339 e. The summed E-state index contributed by atoms with van der Waals surface area (Å²) in [4.78, 5) is 12.2. The Morgan fingerprint density at radius 2 is 1.76 bits per heavy atom. The van der Waals surface area contributed by atoms with Crippen molar-refractivity contribution < 1.29 is 4.79 Å². The highest BCUT2D eigenvalue weighted by Crippen LogP contribution is 2.16. The van der Waals surface area contributed by atoms with Gasteiger partial charge in [0.2, 0.25) is 0 Å². The number of aryl methyl sites for hydroxylation is 1. The van der Waals surface area contributed by atoms with Gasteiger partial charge >= 0.3 is 0 Å². The van der Waals surface area contributed by atoms with Gasteiger partial charge in [-0.2, -0.15) is 5.26 Å². The summed E-state index contributed by atoms with van der Waals surface area (Å²) < 4.78 is 0. The molecule has 0 aliphatic carbocycles. The van der Waals surface area contributed by atoms with E-state index in [2.05, 4.69) is 20.8 Å². The van der Waals surface area contributed by atoms with Crippen LogP contribution >= 0.6 is 0 Å². The van der Waals surface area contributed by atoms with E-state index in [0.29, 0.717) is 17.1 Å². The SMILES string of the molecule is Cc1ccc(Nc2ccc(C(=O)Nc3ccccc3C#N)nn2)cc1. The van der Waals surface area contributed by atoms with E-state index in [0.717, 1.165) is 5.69 Å². The number of carbonyl (C=O) groups excluding carboxylic acids is 1. The van der Waals surface area contributed by atoms with Crippen molar-refractivity contribution in [3.63, 3.8) is 0 Å². The summed E-state index contributed by atoms with van der Waals surface area (Å²) in [6, 6.07) is 19.9. The van der Waals surface area contributed by atoms with Crippen LogP contribution < -0.4 is 10.6 Å². The van der Waals surface area contributed by atoms with Crippen molar-refractivity contribution in [3.05, 3.63) is 77.5 Å². The van der Waals surface area contributed by atoms with Crippen molar-refractivity contribution in [3.8, 4) is 6.07 Å². The topological polar surface area (TPSA) is 90.7 Å². The number of nitrogens with one attached hydrogen (secondary N) is 2. The van der Waals surface area contributed by atoms with Crippen molar-refractivity contribution >= 4 is 23.1 Å². The summed E-state index contributed by atoms with van der Waals surface area (Å²) in [6.07, 6.45) is 0. The Bertz CT molecular complexity index is 927. The number of aromatic nitrogens is 2. The Labute approximate surface area is 145 Å². The number of para-hydroxylation sites is 1. The fraction of sp³-hybridized carbons (Fsp3) is 0.0526. The van der Waals surface area contributed by atoms with Gasteiger partial charge < -0.3 is 10.6 Å². The van der Waals surface area contributed by atoms with E-state index in [1.807, 2.05) is 37.3 Å². The molecule has 25 heavy (non-hydrogen) atoms. The lowest BCUT2D eigenvalue weighted by molar-refractivity contribution is 0.102. The van der Waals surface area contributed by atoms with Gasteiger partial charge in [-0.05, 0) is 43.3 Å². The monoisotopic (exact) mass is 329 g/mol. The van der Waals surface area contributed by atoms with Gasteiger partial charge in [0.05, 0.1) is 11.3 Å². The van der Waals surface area contributed by atoms with Crippen LogP contribution in [0.25, 0.3) is 0 Å². The molecule has 6 heteroatoms. The van der Waals surface area contributed by atoms with E-state index in [9.17, 15) is 4.79 Å². The van der Waals surface area contributed by atoms with E-state index in [4.69, 9.17) is 5.26 Å². The largest absolute Gasteiger partial charge is 0.339 e. The molecule has 1 amide bonds. The van der Waals surface area contributed by atoms with Gasteiger partial charge in [0.15, 0.2) is 11.5 Å². The number of hydrogen-bond acceptors (Lipinski definition) is 5. The van der Waals surface area contributed by atoms with Gasteiger partial charge in [-0.25, -0.2) is 0 Å².